The van der Waals surface area contributed by atoms with Gasteiger partial charge in [-0.1, -0.05) is 0 Å². The summed E-state index contributed by atoms with van der Waals surface area (Å²) in [6.45, 7) is 2.63. The Hall–Kier alpha value is -1.79. The summed E-state index contributed by atoms with van der Waals surface area (Å²) in [4.78, 5) is 16.9. The fraction of sp³-hybridized carbons (Fsp3) is 0.632. The molecule has 1 amide bonds. The Bertz CT molecular complexity index is 607. The smallest absolute Gasteiger partial charge is 0.237 e. The largest absolute Gasteiger partial charge is 0.497 e. The first kappa shape index (κ1) is 18.0. The molecule has 0 spiro atoms. The number of β-amino-alcohol motifs (C(OH)–C–C–N with tert-alkyl or cyclic N) is 1. The molecular formula is C19H28N2O4. The van der Waals surface area contributed by atoms with E-state index in [1.54, 1.807) is 14.2 Å². The van der Waals surface area contributed by atoms with Crippen LogP contribution in [0.1, 0.15) is 37.3 Å². The minimum atomic E-state index is -0.308. The standard InChI is InChI=1S/C19H28N2O4/c1-24-15-7-8-16(18(11-15)25-2)17-6-4-10-21(17)19(23)13-20-9-3-5-14(22)12-20/h7-8,11,14,17,22H,3-6,9-10,12-13H2,1-2H3. The molecule has 2 heterocycles. The summed E-state index contributed by atoms with van der Waals surface area (Å²) in [6.07, 6.45) is 3.41. The Morgan fingerprint density at radius 3 is 2.72 bits per heavy atom. The van der Waals surface area contributed by atoms with Crippen molar-refractivity contribution >= 4 is 5.91 Å². The number of hydrogen-bond acceptors (Lipinski definition) is 5. The van der Waals surface area contributed by atoms with Gasteiger partial charge in [0.1, 0.15) is 11.5 Å². The quantitative estimate of drug-likeness (QED) is 0.879. The fourth-order valence-corrected chi connectivity index (χ4v) is 3.94. The van der Waals surface area contributed by atoms with Gasteiger partial charge in [-0.05, 0) is 44.4 Å². The number of carbonyl (C=O) groups is 1. The molecule has 2 unspecified atom stereocenters. The summed E-state index contributed by atoms with van der Waals surface area (Å²) in [6, 6.07) is 5.83. The van der Waals surface area contributed by atoms with E-state index in [1.807, 2.05) is 23.1 Å². The zero-order valence-corrected chi connectivity index (χ0v) is 15.1. The van der Waals surface area contributed by atoms with E-state index in [0.29, 0.717) is 13.1 Å². The Balaban J connectivity index is 1.72. The first-order chi connectivity index (χ1) is 12.1. The number of likely N-dealkylation sites (tertiary alicyclic amines) is 2. The van der Waals surface area contributed by atoms with Crippen LogP contribution in [-0.4, -0.2) is 67.3 Å². The van der Waals surface area contributed by atoms with Crippen molar-refractivity contribution in [3.8, 4) is 11.5 Å². The SMILES string of the molecule is COc1ccc(C2CCCN2C(=O)CN2CCCC(O)C2)c(OC)c1. The van der Waals surface area contributed by atoms with Crippen LogP contribution in [0.15, 0.2) is 18.2 Å². The number of rotatable bonds is 5. The van der Waals surface area contributed by atoms with Crippen LogP contribution in [0.25, 0.3) is 0 Å². The minimum Gasteiger partial charge on any atom is -0.497 e. The van der Waals surface area contributed by atoms with Gasteiger partial charge in [-0.2, -0.15) is 0 Å². The maximum absolute atomic E-state index is 12.9. The van der Waals surface area contributed by atoms with Crippen molar-refractivity contribution < 1.29 is 19.4 Å². The van der Waals surface area contributed by atoms with Gasteiger partial charge in [-0.25, -0.2) is 0 Å². The van der Waals surface area contributed by atoms with Gasteiger partial charge in [-0.15, -0.1) is 0 Å². The molecule has 1 aromatic carbocycles. The molecule has 138 valence electrons. The summed E-state index contributed by atoms with van der Waals surface area (Å²) < 4.78 is 10.8. The van der Waals surface area contributed by atoms with Gasteiger partial charge in [0.05, 0.1) is 32.9 Å². The van der Waals surface area contributed by atoms with Crippen LogP contribution < -0.4 is 9.47 Å². The van der Waals surface area contributed by atoms with E-state index in [2.05, 4.69) is 4.90 Å². The molecule has 1 aromatic rings. The first-order valence-corrected chi connectivity index (χ1v) is 9.04. The number of methoxy groups -OCH3 is 2. The topological polar surface area (TPSA) is 62.2 Å². The van der Waals surface area contributed by atoms with Crippen LogP contribution in [0.4, 0.5) is 0 Å². The van der Waals surface area contributed by atoms with E-state index in [9.17, 15) is 9.90 Å². The van der Waals surface area contributed by atoms with Crippen molar-refractivity contribution in [2.24, 2.45) is 0 Å². The molecule has 0 aliphatic carbocycles. The molecule has 25 heavy (non-hydrogen) atoms. The van der Waals surface area contributed by atoms with Gasteiger partial charge < -0.3 is 19.5 Å². The highest BCUT2D eigenvalue weighted by Crippen LogP contribution is 2.38. The lowest BCUT2D eigenvalue weighted by Crippen LogP contribution is -2.45. The lowest BCUT2D eigenvalue weighted by atomic mass is 10.0. The predicted octanol–water partition coefficient (Wildman–Crippen LogP) is 1.82. The van der Waals surface area contributed by atoms with Gasteiger partial charge in [0.25, 0.3) is 0 Å². The number of carbonyl (C=O) groups excluding carboxylic acids is 1. The molecule has 6 nitrogen and oxygen atoms in total. The first-order valence-electron chi connectivity index (χ1n) is 9.04. The van der Waals surface area contributed by atoms with Gasteiger partial charge in [-0.3, -0.25) is 9.69 Å². The third-order valence-corrected chi connectivity index (χ3v) is 5.21. The zero-order valence-electron chi connectivity index (χ0n) is 15.1. The summed E-state index contributed by atoms with van der Waals surface area (Å²) in [5, 5.41) is 9.81. The molecule has 1 N–H and O–H groups in total. The maximum atomic E-state index is 12.9. The third kappa shape index (κ3) is 4.07. The second-order valence-corrected chi connectivity index (χ2v) is 6.88. The average molecular weight is 348 g/mol. The second kappa shape index (κ2) is 8.06. The van der Waals surface area contributed by atoms with Crippen molar-refractivity contribution in [1.29, 1.82) is 0 Å². The second-order valence-electron chi connectivity index (χ2n) is 6.88. The van der Waals surface area contributed by atoms with E-state index in [4.69, 9.17) is 9.47 Å². The lowest BCUT2D eigenvalue weighted by Gasteiger charge is -2.32. The van der Waals surface area contributed by atoms with E-state index in [1.165, 1.54) is 0 Å². The van der Waals surface area contributed by atoms with Gasteiger partial charge in [0.2, 0.25) is 5.91 Å². The normalized spacial score (nSPS) is 24.4. The highest BCUT2D eigenvalue weighted by Gasteiger charge is 2.33. The monoisotopic (exact) mass is 348 g/mol. The molecule has 0 aromatic heterocycles. The molecule has 2 fully saturated rings. The lowest BCUT2D eigenvalue weighted by molar-refractivity contribution is -0.134. The van der Waals surface area contributed by atoms with Gasteiger partial charge in [0.15, 0.2) is 0 Å². The fourth-order valence-electron chi connectivity index (χ4n) is 3.94. The number of aliphatic hydroxyl groups is 1. The van der Waals surface area contributed by atoms with Gasteiger partial charge in [0, 0.05) is 24.7 Å². The zero-order chi connectivity index (χ0) is 17.8. The van der Waals surface area contributed by atoms with Crippen LogP contribution in [0, 0.1) is 0 Å². The highest BCUT2D eigenvalue weighted by molar-refractivity contribution is 5.79. The Labute approximate surface area is 149 Å². The Morgan fingerprint density at radius 1 is 1.20 bits per heavy atom. The molecule has 6 heteroatoms. The molecule has 3 rings (SSSR count). The molecule has 2 saturated heterocycles. The maximum Gasteiger partial charge on any atom is 0.237 e. The highest BCUT2D eigenvalue weighted by atomic mass is 16.5. The average Bonchev–Trinajstić information content (AvgIpc) is 3.10. The number of hydrogen-bond donors (Lipinski definition) is 1. The summed E-state index contributed by atoms with van der Waals surface area (Å²) in [5.74, 6) is 1.64. The number of nitrogens with zero attached hydrogens (tertiary/aromatic N) is 2. The Kier molecular flexibility index (Phi) is 5.81. The Morgan fingerprint density at radius 2 is 2.00 bits per heavy atom. The van der Waals surface area contributed by atoms with Crippen LogP contribution in [0.3, 0.4) is 0 Å². The molecular weight excluding hydrogens is 320 g/mol. The van der Waals surface area contributed by atoms with Crippen LogP contribution >= 0.6 is 0 Å². The van der Waals surface area contributed by atoms with E-state index in [-0.39, 0.29) is 18.1 Å². The number of amides is 1. The van der Waals surface area contributed by atoms with Crippen molar-refractivity contribution in [1.82, 2.24) is 9.80 Å². The van der Waals surface area contributed by atoms with E-state index < -0.39 is 0 Å². The van der Waals surface area contributed by atoms with E-state index in [0.717, 1.165) is 55.8 Å². The summed E-state index contributed by atoms with van der Waals surface area (Å²) in [5.41, 5.74) is 1.04. The molecule has 2 aliphatic heterocycles. The van der Waals surface area contributed by atoms with Crippen LogP contribution in [0.5, 0.6) is 11.5 Å². The van der Waals surface area contributed by atoms with Gasteiger partial charge >= 0.3 is 0 Å². The predicted molar refractivity (Wildman–Crippen MR) is 94.9 cm³/mol. The minimum absolute atomic E-state index is 0.0445. The van der Waals surface area contributed by atoms with Crippen molar-refractivity contribution in [3.63, 3.8) is 0 Å². The molecule has 0 saturated carbocycles. The van der Waals surface area contributed by atoms with Crippen molar-refractivity contribution in [3.05, 3.63) is 23.8 Å². The molecule has 2 atom stereocenters. The van der Waals surface area contributed by atoms with Crippen LogP contribution in [-0.2, 0) is 4.79 Å². The van der Waals surface area contributed by atoms with E-state index >= 15 is 0 Å². The number of benzene rings is 1. The number of piperidine rings is 1. The van der Waals surface area contributed by atoms with Crippen molar-refractivity contribution in [2.45, 2.75) is 37.8 Å². The van der Waals surface area contributed by atoms with Crippen molar-refractivity contribution in [2.75, 3.05) is 40.4 Å². The summed E-state index contributed by atoms with van der Waals surface area (Å²) in [7, 11) is 3.28. The molecule has 0 radical (unpaired) electrons. The number of ether oxygens (including phenoxy) is 2. The third-order valence-electron chi connectivity index (χ3n) is 5.21. The number of aliphatic hydroxyl groups excluding tert-OH is 1. The molecule has 2 aliphatic rings. The summed E-state index contributed by atoms with van der Waals surface area (Å²) >= 11 is 0. The van der Waals surface area contributed by atoms with Crippen LogP contribution in [0.2, 0.25) is 0 Å². The molecule has 0 bridgehead atoms.